The number of aryl methyl sites for hydroxylation is 1. The lowest BCUT2D eigenvalue weighted by molar-refractivity contribution is 0.102. The fourth-order valence-corrected chi connectivity index (χ4v) is 3.58. The lowest BCUT2D eigenvalue weighted by atomic mass is 10.1. The quantitative estimate of drug-likeness (QED) is 0.583. The van der Waals surface area contributed by atoms with Crippen molar-refractivity contribution in [1.29, 1.82) is 0 Å². The average Bonchev–Trinajstić information content (AvgIpc) is 2.84. The monoisotopic (exact) mass is 354 g/mol. The number of thioether (sulfide) groups is 1. The summed E-state index contributed by atoms with van der Waals surface area (Å²) in [5, 5.41) is 0. The molecule has 0 N–H and O–H groups in total. The summed E-state index contributed by atoms with van der Waals surface area (Å²) in [6.45, 7) is 5.49. The molecule has 1 aromatic heterocycles. The van der Waals surface area contributed by atoms with Crippen LogP contribution in [0.25, 0.3) is 11.1 Å². The van der Waals surface area contributed by atoms with Crippen molar-refractivity contribution in [2.75, 3.05) is 18.8 Å². The van der Waals surface area contributed by atoms with Gasteiger partial charge in [0.15, 0.2) is 11.4 Å². The molecule has 0 bridgehead atoms. The Morgan fingerprint density at radius 2 is 1.96 bits per heavy atom. The molecule has 0 aliphatic carbocycles. The standard InChI is InChI=1S/C15H18N2O4S2/c1-4-17(5-2)23-15(20)22-9-12(18)10-6-7-13-11(8-10)16(3)14(19)21-13/h6-8H,4-5,9H2,1-3H3. The summed E-state index contributed by atoms with van der Waals surface area (Å²) >= 11 is 2.13. The van der Waals surface area contributed by atoms with Gasteiger partial charge in [0.1, 0.15) is 0 Å². The van der Waals surface area contributed by atoms with Crippen LogP contribution in [0.15, 0.2) is 27.4 Å². The summed E-state index contributed by atoms with van der Waals surface area (Å²) in [4.78, 5) is 35.5. The van der Waals surface area contributed by atoms with Crippen molar-refractivity contribution in [1.82, 2.24) is 8.87 Å². The van der Waals surface area contributed by atoms with Crippen LogP contribution in [0, 0.1) is 0 Å². The number of aromatic nitrogens is 1. The number of nitrogens with zero attached hydrogens (tertiary/aromatic N) is 2. The third-order valence-electron chi connectivity index (χ3n) is 3.34. The van der Waals surface area contributed by atoms with Crippen LogP contribution in [0.3, 0.4) is 0 Å². The van der Waals surface area contributed by atoms with Crippen LogP contribution in [0.5, 0.6) is 0 Å². The van der Waals surface area contributed by atoms with Gasteiger partial charge in [0.2, 0.25) is 0 Å². The molecule has 0 spiro atoms. The Hall–Kier alpha value is -1.51. The summed E-state index contributed by atoms with van der Waals surface area (Å²) in [7, 11) is 1.58. The van der Waals surface area contributed by atoms with E-state index in [1.54, 1.807) is 25.2 Å². The van der Waals surface area contributed by atoms with Crippen molar-refractivity contribution in [3.05, 3.63) is 34.3 Å². The molecular weight excluding hydrogens is 336 g/mol. The van der Waals surface area contributed by atoms with Gasteiger partial charge in [-0.2, -0.15) is 0 Å². The number of carbonyl (C=O) groups excluding carboxylic acids is 2. The van der Waals surface area contributed by atoms with Crippen molar-refractivity contribution in [2.24, 2.45) is 7.05 Å². The van der Waals surface area contributed by atoms with Crippen molar-refractivity contribution >= 4 is 45.0 Å². The molecule has 0 saturated heterocycles. The number of hydrogen-bond acceptors (Lipinski definition) is 7. The molecule has 0 aliphatic heterocycles. The van der Waals surface area contributed by atoms with Crippen LogP contribution in [0.2, 0.25) is 0 Å². The zero-order valence-electron chi connectivity index (χ0n) is 13.2. The Labute approximate surface area is 142 Å². The fourth-order valence-electron chi connectivity index (χ4n) is 1.99. The Bertz CT molecular complexity index is 777. The van der Waals surface area contributed by atoms with Crippen molar-refractivity contribution in [2.45, 2.75) is 13.8 Å². The summed E-state index contributed by atoms with van der Waals surface area (Å²) in [6.07, 6.45) is 0. The number of oxazole rings is 1. The highest BCUT2D eigenvalue weighted by Crippen LogP contribution is 2.22. The first kappa shape index (κ1) is 17.8. The van der Waals surface area contributed by atoms with Gasteiger partial charge in [-0.25, -0.2) is 9.10 Å². The predicted octanol–water partition coefficient (Wildman–Crippen LogP) is 3.16. The van der Waals surface area contributed by atoms with Crippen LogP contribution in [-0.4, -0.2) is 37.9 Å². The number of fused-ring (bicyclic) bond motifs is 1. The van der Waals surface area contributed by atoms with E-state index >= 15 is 0 Å². The minimum Gasteiger partial charge on any atom is -0.408 e. The first-order valence-corrected chi connectivity index (χ1v) is 8.94. The fraction of sp³-hybridized carbons (Fsp3) is 0.400. The summed E-state index contributed by atoms with van der Waals surface area (Å²) < 4.78 is 8.20. The van der Waals surface area contributed by atoms with Crippen LogP contribution in [0.1, 0.15) is 24.2 Å². The molecule has 0 atom stereocenters. The minimum absolute atomic E-state index is 0.0738. The Balaban J connectivity index is 2.02. The molecule has 8 heteroatoms. The van der Waals surface area contributed by atoms with E-state index in [1.807, 2.05) is 18.2 Å². The zero-order valence-corrected chi connectivity index (χ0v) is 14.8. The van der Waals surface area contributed by atoms with E-state index in [-0.39, 0.29) is 16.0 Å². The molecule has 124 valence electrons. The highest BCUT2D eigenvalue weighted by molar-refractivity contribution is 8.37. The lowest BCUT2D eigenvalue weighted by Crippen LogP contribution is -2.16. The topological polar surface area (TPSA) is 72.5 Å². The summed E-state index contributed by atoms with van der Waals surface area (Å²) in [5.74, 6) is -0.548. The molecule has 0 aliphatic rings. The number of hydrogen-bond donors (Lipinski definition) is 0. The van der Waals surface area contributed by atoms with Gasteiger partial charge in [0.25, 0.3) is 4.45 Å². The predicted molar refractivity (Wildman–Crippen MR) is 94.2 cm³/mol. The van der Waals surface area contributed by atoms with Gasteiger partial charge in [-0.15, -0.1) is 0 Å². The maximum Gasteiger partial charge on any atom is 0.419 e. The van der Waals surface area contributed by atoms with E-state index in [4.69, 9.17) is 4.42 Å². The van der Waals surface area contributed by atoms with Gasteiger partial charge in [-0.1, -0.05) is 25.6 Å². The molecule has 23 heavy (non-hydrogen) atoms. The van der Waals surface area contributed by atoms with Gasteiger partial charge in [0.05, 0.1) is 11.3 Å². The normalized spacial score (nSPS) is 11.3. The Morgan fingerprint density at radius 1 is 1.26 bits per heavy atom. The molecule has 2 rings (SSSR count). The second kappa shape index (κ2) is 7.85. The molecule has 0 radical (unpaired) electrons. The Kier molecular flexibility index (Phi) is 6.09. The van der Waals surface area contributed by atoms with Gasteiger partial charge >= 0.3 is 5.76 Å². The van der Waals surface area contributed by atoms with Gasteiger partial charge in [-0.05, 0) is 18.2 Å². The minimum atomic E-state index is -0.468. The molecule has 6 nitrogen and oxygen atoms in total. The second-order valence-corrected chi connectivity index (χ2v) is 7.05. The van der Waals surface area contributed by atoms with Crippen LogP contribution in [-0.2, 0) is 7.05 Å². The summed E-state index contributed by atoms with van der Waals surface area (Å²) in [6, 6.07) is 4.82. The Morgan fingerprint density at radius 3 is 2.61 bits per heavy atom. The van der Waals surface area contributed by atoms with Gasteiger partial charge in [-0.3, -0.25) is 14.2 Å². The second-order valence-electron chi connectivity index (χ2n) is 4.78. The van der Waals surface area contributed by atoms with Gasteiger partial charge in [0, 0.05) is 37.6 Å². The third-order valence-corrected chi connectivity index (χ3v) is 5.49. The molecule has 2 aromatic rings. The number of ketones is 1. The van der Waals surface area contributed by atoms with Crippen molar-refractivity contribution in [3.8, 4) is 0 Å². The maximum atomic E-state index is 12.2. The van der Waals surface area contributed by atoms with Crippen LogP contribution >= 0.6 is 23.7 Å². The van der Waals surface area contributed by atoms with Crippen molar-refractivity contribution < 1.29 is 14.0 Å². The molecule has 0 fully saturated rings. The zero-order chi connectivity index (χ0) is 17.0. The largest absolute Gasteiger partial charge is 0.419 e. The number of carbonyl (C=O) groups is 2. The highest BCUT2D eigenvalue weighted by Gasteiger charge is 2.15. The maximum absolute atomic E-state index is 12.2. The van der Waals surface area contributed by atoms with E-state index < -0.39 is 5.76 Å². The SMILES string of the molecule is CCN(CC)SC(=O)SCC(=O)c1ccc2oc(=O)n(C)c2c1. The van der Waals surface area contributed by atoms with E-state index in [0.717, 1.165) is 36.8 Å². The molecule has 1 heterocycles. The smallest absolute Gasteiger partial charge is 0.408 e. The van der Waals surface area contributed by atoms with E-state index in [1.165, 1.54) is 4.57 Å². The number of benzene rings is 1. The third kappa shape index (κ3) is 4.27. The molecule has 1 aromatic carbocycles. The number of rotatable bonds is 6. The first-order valence-electron chi connectivity index (χ1n) is 7.18. The number of Topliss-reactive ketones (excluding diaryl/α,β-unsaturated/α-hetero) is 1. The van der Waals surface area contributed by atoms with E-state index in [9.17, 15) is 14.4 Å². The summed E-state index contributed by atoms with van der Waals surface area (Å²) in [5.41, 5.74) is 1.46. The average molecular weight is 354 g/mol. The van der Waals surface area contributed by atoms with Crippen LogP contribution < -0.4 is 5.76 Å². The lowest BCUT2D eigenvalue weighted by Gasteiger charge is -2.14. The van der Waals surface area contributed by atoms with Crippen molar-refractivity contribution in [3.63, 3.8) is 0 Å². The highest BCUT2D eigenvalue weighted by atomic mass is 32.2. The molecule has 0 saturated carbocycles. The molecular formula is C15H18N2O4S2. The van der Waals surface area contributed by atoms with E-state index in [2.05, 4.69) is 0 Å². The molecule has 0 amide bonds. The van der Waals surface area contributed by atoms with Crippen LogP contribution in [0.4, 0.5) is 4.79 Å². The molecule has 0 unspecified atom stereocenters. The first-order chi connectivity index (χ1) is 11.0. The van der Waals surface area contributed by atoms with E-state index in [0.29, 0.717) is 16.7 Å². The van der Waals surface area contributed by atoms with Gasteiger partial charge < -0.3 is 4.42 Å².